The van der Waals surface area contributed by atoms with Crippen molar-refractivity contribution in [3.05, 3.63) is 55.5 Å². The zero-order valence-corrected chi connectivity index (χ0v) is 27.5. The number of fused-ring (bicyclic) bond motifs is 1. The highest BCUT2D eigenvalue weighted by molar-refractivity contribution is 7.91. The fourth-order valence-electron chi connectivity index (χ4n) is 5.81. The lowest BCUT2D eigenvalue weighted by molar-refractivity contribution is -0.131. The van der Waals surface area contributed by atoms with Crippen molar-refractivity contribution in [2.45, 2.75) is 75.0 Å². The summed E-state index contributed by atoms with van der Waals surface area (Å²) in [6.45, 7) is 8.88. The van der Waals surface area contributed by atoms with Crippen LogP contribution in [0.4, 0.5) is 4.79 Å². The summed E-state index contributed by atoms with van der Waals surface area (Å²) in [7, 11) is -2.28. The number of ether oxygens (including phenoxy) is 3. The van der Waals surface area contributed by atoms with Crippen molar-refractivity contribution >= 4 is 38.7 Å². The van der Waals surface area contributed by atoms with Crippen molar-refractivity contribution in [3.63, 3.8) is 0 Å². The van der Waals surface area contributed by atoms with Gasteiger partial charge in [0.05, 0.1) is 37.1 Å². The lowest BCUT2D eigenvalue weighted by Gasteiger charge is -2.29. The summed E-state index contributed by atoms with van der Waals surface area (Å²) in [4.78, 5) is 46.7. The van der Waals surface area contributed by atoms with Gasteiger partial charge in [-0.1, -0.05) is 6.08 Å². The van der Waals surface area contributed by atoms with E-state index in [0.717, 1.165) is 10.9 Å². The topological polar surface area (TPSA) is 166 Å². The largest absolute Gasteiger partial charge is 0.497 e. The Kier molecular flexibility index (Phi) is 8.19. The van der Waals surface area contributed by atoms with Crippen LogP contribution in [0.15, 0.2) is 59.9 Å². The number of carbonyl (C=O) groups is 3. The summed E-state index contributed by atoms with van der Waals surface area (Å²) in [6, 6.07) is 8.02. The second kappa shape index (κ2) is 11.9. The van der Waals surface area contributed by atoms with Crippen LogP contribution in [0.25, 0.3) is 22.0 Å². The van der Waals surface area contributed by atoms with Crippen molar-refractivity contribution in [2.24, 2.45) is 5.92 Å². The van der Waals surface area contributed by atoms with Crippen molar-refractivity contribution < 1.29 is 41.4 Å². The Labute approximate surface area is 272 Å². The van der Waals surface area contributed by atoms with E-state index in [9.17, 15) is 22.8 Å². The van der Waals surface area contributed by atoms with E-state index >= 15 is 0 Å². The van der Waals surface area contributed by atoms with Crippen molar-refractivity contribution in [1.29, 1.82) is 0 Å². The summed E-state index contributed by atoms with van der Waals surface area (Å²) in [5.41, 5.74) is -1.04. The number of benzene rings is 1. The summed E-state index contributed by atoms with van der Waals surface area (Å²) < 4.78 is 50.0. The third kappa shape index (κ3) is 6.64. The SMILES string of the molecule is C=C[C@@H]1C[C@]1(NC(=O)[C@@H]1C[C@@H](Oc2nc(-c3ccoc3)cc3cc(OC)ccc23)CN1C(=O)OC(C)(C)C)C(=O)NS(=O)(=O)C1CC1. The van der Waals surface area contributed by atoms with Gasteiger partial charge in [0.1, 0.15) is 29.0 Å². The van der Waals surface area contributed by atoms with Gasteiger partial charge in [-0.15, -0.1) is 6.58 Å². The van der Waals surface area contributed by atoms with Crippen LogP contribution in [0.5, 0.6) is 11.6 Å². The number of likely N-dealkylation sites (tertiary alicyclic amines) is 1. The molecule has 3 fully saturated rings. The number of furan rings is 1. The molecule has 2 N–H and O–H groups in total. The number of hydrogen-bond donors (Lipinski definition) is 2. The highest BCUT2D eigenvalue weighted by Gasteiger charge is 2.62. The molecule has 2 aromatic heterocycles. The zero-order chi connectivity index (χ0) is 33.7. The first-order valence-electron chi connectivity index (χ1n) is 15.4. The molecule has 0 radical (unpaired) electrons. The number of rotatable bonds is 10. The number of nitrogens with one attached hydrogen (secondary N) is 2. The van der Waals surface area contributed by atoms with E-state index < -0.39 is 62.4 Å². The molecular weight excluding hydrogens is 628 g/mol. The van der Waals surface area contributed by atoms with Crippen LogP contribution in [0.2, 0.25) is 0 Å². The number of aromatic nitrogens is 1. The highest BCUT2D eigenvalue weighted by Crippen LogP contribution is 2.45. The Morgan fingerprint density at radius 2 is 1.94 bits per heavy atom. The van der Waals surface area contributed by atoms with E-state index in [1.807, 2.05) is 18.2 Å². The van der Waals surface area contributed by atoms with Crippen LogP contribution < -0.4 is 19.5 Å². The maximum atomic E-state index is 13.9. The molecule has 2 saturated carbocycles. The Bertz CT molecular complexity index is 1830. The number of hydrogen-bond acceptors (Lipinski definition) is 10. The minimum absolute atomic E-state index is 0.0115. The number of carbonyl (C=O) groups excluding carboxylic acids is 3. The second-order valence-corrected chi connectivity index (χ2v) is 15.2. The first kappa shape index (κ1) is 32.4. The first-order chi connectivity index (χ1) is 22.2. The van der Waals surface area contributed by atoms with E-state index in [1.165, 1.54) is 17.2 Å². The Hall–Kier alpha value is -4.59. The average molecular weight is 667 g/mol. The predicted molar refractivity (Wildman–Crippen MR) is 171 cm³/mol. The number of methoxy groups -OCH3 is 1. The molecule has 4 atom stereocenters. The molecule has 3 aromatic rings. The molecule has 0 bridgehead atoms. The van der Waals surface area contributed by atoms with Gasteiger partial charge < -0.3 is 23.9 Å². The van der Waals surface area contributed by atoms with Gasteiger partial charge in [0.25, 0.3) is 5.91 Å². The van der Waals surface area contributed by atoms with Gasteiger partial charge in [0.15, 0.2) is 0 Å². The molecule has 250 valence electrons. The van der Waals surface area contributed by atoms with E-state index in [-0.39, 0.29) is 25.3 Å². The van der Waals surface area contributed by atoms with Crippen molar-refractivity contribution in [1.82, 2.24) is 19.9 Å². The summed E-state index contributed by atoms with van der Waals surface area (Å²) in [5.74, 6) is -1.02. The monoisotopic (exact) mass is 666 g/mol. The van der Waals surface area contributed by atoms with E-state index in [0.29, 0.717) is 29.7 Å². The normalized spacial score (nSPS) is 24.0. The smallest absolute Gasteiger partial charge is 0.411 e. The van der Waals surface area contributed by atoms with Gasteiger partial charge in [-0.3, -0.25) is 19.2 Å². The molecule has 1 aromatic carbocycles. The number of sulfonamides is 1. The number of pyridine rings is 1. The quantitative estimate of drug-likeness (QED) is 0.303. The molecule has 1 aliphatic heterocycles. The molecule has 0 unspecified atom stereocenters. The van der Waals surface area contributed by atoms with Crippen molar-refractivity contribution in [2.75, 3.05) is 13.7 Å². The third-order valence-corrected chi connectivity index (χ3v) is 10.4. The maximum Gasteiger partial charge on any atom is 0.411 e. The van der Waals surface area contributed by atoms with Crippen LogP contribution in [0.1, 0.15) is 46.5 Å². The van der Waals surface area contributed by atoms with E-state index in [4.69, 9.17) is 23.6 Å². The lowest BCUT2D eigenvalue weighted by Crippen LogP contribution is -2.56. The fourth-order valence-corrected chi connectivity index (χ4v) is 7.17. The van der Waals surface area contributed by atoms with E-state index in [1.54, 1.807) is 46.3 Å². The number of amides is 3. The van der Waals surface area contributed by atoms with Gasteiger partial charge in [-0.2, -0.15) is 0 Å². The minimum atomic E-state index is -3.86. The molecular formula is C33H38N4O9S. The predicted octanol–water partition coefficient (Wildman–Crippen LogP) is 3.93. The molecule has 3 heterocycles. The molecule has 3 aliphatic rings. The lowest BCUT2D eigenvalue weighted by atomic mass is 10.1. The van der Waals surface area contributed by atoms with Crippen molar-refractivity contribution in [3.8, 4) is 22.9 Å². The molecule has 6 rings (SSSR count). The standard InChI is InChI=1S/C33H38N4O9S/c1-6-21-16-33(21,30(39)36-47(41,42)24-8-9-24)35-28(38)27-15-23(17-37(27)31(40)46-32(2,3)4)45-29-25-10-7-22(43-5)13-20(25)14-26(34-29)19-11-12-44-18-19/h6-7,10-14,18,21,23-24,27H,1,8-9,15-17H2,2-5H3,(H,35,38)(H,36,39)/t21-,23-,27+,33-/m1/s1. The highest BCUT2D eigenvalue weighted by atomic mass is 32.2. The number of nitrogens with zero attached hydrogens (tertiary/aromatic N) is 2. The molecule has 47 heavy (non-hydrogen) atoms. The summed E-state index contributed by atoms with van der Waals surface area (Å²) >= 11 is 0. The third-order valence-electron chi connectivity index (χ3n) is 8.54. The summed E-state index contributed by atoms with van der Waals surface area (Å²) in [6.07, 6.45) is 4.37. The molecule has 0 spiro atoms. The average Bonchev–Trinajstić information content (AvgIpc) is 3.88. The molecule has 2 aliphatic carbocycles. The summed E-state index contributed by atoms with van der Waals surface area (Å²) in [5, 5.41) is 3.63. The van der Waals surface area contributed by atoms with Crippen LogP contribution in [-0.2, 0) is 24.3 Å². The van der Waals surface area contributed by atoms with Crippen LogP contribution >= 0.6 is 0 Å². The maximum absolute atomic E-state index is 13.9. The van der Waals surface area contributed by atoms with Gasteiger partial charge in [0, 0.05) is 23.3 Å². The fraction of sp³-hybridized carbons (Fsp3) is 0.455. The van der Waals surface area contributed by atoms with Crippen LogP contribution in [0, 0.1) is 5.92 Å². The molecule has 14 heteroatoms. The van der Waals surface area contributed by atoms with Crippen LogP contribution in [0.3, 0.4) is 0 Å². The van der Waals surface area contributed by atoms with Crippen LogP contribution in [-0.4, -0.2) is 78.4 Å². The van der Waals surface area contributed by atoms with Gasteiger partial charge in [-0.25, -0.2) is 18.2 Å². The van der Waals surface area contributed by atoms with Gasteiger partial charge >= 0.3 is 6.09 Å². The second-order valence-electron chi connectivity index (χ2n) is 13.2. The Morgan fingerprint density at radius 3 is 2.55 bits per heavy atom. The zero-order valence-electron chi connectivity index (χ0n) is 26.6. The van der Waals surface area contributed by atoms with Gasteiger partial charge in [0.2, 0.25) is 21.8 Å². The molecule has 1 saturated heterocycles. The Morgan fingerprint density at radius 1 is 1.17 bits per heavy atom. The molecule has 13 nitrogen and oxygen atoms in total. The van der Waals surface area contributed by atoms with Gasteiger partial charge in [-0.05, 0) is 75.8 Å². The minimum Gasteiger partial charge on any atom is -0.497 e. The Balaban J connectivity index is 1.28. The molecule has 3 amide bonds. The first-order valence-corrected chi connectivity index (χ1v) is 17.0. The van der Waals surface area contributed by atoms with E-state index in [2.05, 4.69) is 16.6 Å².